The van der Waals surface area contributed by atoms with Gasteiger partial charge < -0.3 is 10.2 Å². The average Bonchev–Trinajstić information content (AvgIpc) is 3.30. The molecule has 2 aromatic carbocycles. The summed E-state index contributed by atoms with van der Waals surface area (Å²) in [4.78, 5) is 50.0. The van der Waals surface area contributed by atoms with Crippen LogP contribution in [0.1, 0.15) is 54.1 Å². The molecule has 216 valence electrons. The largest absolute Gasteiger partial charge is 0.354 e. The smallest absolute Gasteiger partial charge is 0.245 e. The van der Waals surface area contributed by atoms with Crippen molar-refractivity contribution < 1.29 is 18.8 Å². The second-order valence-electron chi connectivity index (χ2n) is 11.8. The van der Waals surface area contributed by atoms with Crippen LogP contribution >= 0.6 is 0 Å². The Bertz CT molecular complexity index is 1720. The van der Waals surface area contributed by atoms with Crippen molar-refractivity contribution in [3.63, 3.8) is 0 Å². The summed E-state index contributed by atoms with van der Waals surface area (Å²) in [6, 6.07) is 9.51. The maximum Gasteiger partial charge on any atom is 0.245 e. The van der Waals surface area contributed by atoms with Gasteiger partial charge in [0, 0.05) is 42.9 Å². The summed E-state index contributed by atoms with van der Waals surface area (Å²) in [6.07, 6.45) is 5.52. The van der Waals surface area contributed by atoms with Gasteiger partial charge in [-0.25, -0.2) is 14.4 Å². The number of aryl methyl sites for hydroxylation is 2. The summed E-state index contributed by atoms with van der Waals surface area (Å²) < 4.78 is 14.8. The zero-order valence-electron chi connectivity index (χ0n) is 24.1. The predicted molar refractivity (Wildman–Crippen MR) is 155 cm³/mol. The highest BCUT2D eigenvalue weighted by molar-refractivity contribution is 6.07. The summed E-state index contributed by atoms with van der Waals surface area (Å²) in [5.74, 6) is -0.213. The fraction of sp³-hybridized carbons (Fsp3) is 0.375. The molecule has 2 fully saturated rings. The van der Waals surface area contributed by atoms with E-state index in [1.165, 1.54) is 19.1 Å². The molecular formula is C32H33FN6O3. The van der Waals surface area contributed by atoms with Crippen molar-refractivity contribution >= 4 is 28.5 Å². The summed E-state index contributed by atoms with van der Waals surface area (Å²) in [7, 11) is 0. The van der Waals surface area contributed by atoms with Gasteiger partial charge >= 0.3 is 0 Å². The molecule has 4 aromatic rings. The number of nitrogens with one attached hydrogen (secondary N) is 1. The number of benzene rings is 2. The lowest BCUT2D eigenvalue weighted by molar-refractivity contribution is -0.140. The molecule has 42 heavy (non-hydrogen) atoms. The number of amides is 2. The van der Waals surface area contributed by atoms with Gasteiger partial charge in [-0.2, -0.15) is 5.10 Å². The SMILES string of the molecule is CC(=O)c1nn(CC(=O)N2[C@H](C(=O)NCCc3ccc(F)cc3)C[C@@]3(C)C[C@@H]23)c2c(C)cc(-c3cnc(C)nc3)cc12. The number of hydrogen-bond acceptors (Lipinski definition) is 6. The first-order valence-corrected chi connectivity index (χ1v) is 14.2. The van der Waals surface area contributed by atoms with Crippen molar-refractivity contribution in [2.24, 2.45) is 5.41 Å². The van der Waals surface area contributed by atoms with E-state index in [4.69, 9.17) is 0 Å². The fourth-order valence-electron chi connectivity index (χ4n) is 6.28. The van der Waals surface area contributed by atoms with E-state index in [9.17, 15) is 18.8 Å². The molecule has 6 rings (SSSR count). The minimum absolute atomic E-state index is 0.00110. The summed E-state index contributed by atoms with van der Waals surface area (Å²) in [5, 5.41) is 8.23. The summed E-state index contributed by atoms with van der Waals surface area (Å²) in [6.45, 7) is 7.64. The Balaban J connectivity index is 1.23. The lowest BCUT2D eigenvalue weighted by atomic mass is 10.0. The first-order valence-electron chi connectivity index (χ1n) is 14.2. The molecule has 0 spiro atoms. The van der Waals surface area contributed by atoms with Crippen LogP contribution in [-0.2, 0) is 22.6 Å². The molecule has 2 aromatic heterocycles. The number of piperidine rings is 1. The Labute approximate surface area is 243 Å². The van der Waals surface area contributed by atoms with Crippen LogP contribution in [0.5, 0.6) is 0 Å². The van der Waals surface area contributed by atoms with Gasteiger partial charge in [0.2, 0.25) is 11.8 Å². The molecular weight excluding hydrogens is 535 g/mol. The Morgan fingerprint density at radius 3 is 2.45 bits per heavy atom. The number of Topliss-reactive ketones (excluding diaryl/α,β-unsaturated/α-hetero) is 1. The van der Waals surface area contributed by atoms with Gasteiger partial charge in [-0.3, -0.25) is 19.1 Å². The lowest BCUT2D eigenvalue weighted by Gasteiger charge is -2.27. The van der Waals surface area contributed by atoms with E-state index >= 15 is 0 Å². The quantitative estimate of drug-likeness (QED) is 0.319. The molecule has 1 saturated carbocycles. The molecule has 1 aliphatic heterocycles. The number of fused-ring (bicyclic) bond motifs is 2. The van der Waals surface area contributed by atoms with Crippen LogP contribution in [0, 0.1) is 25.1 Å². The minimum Gasteiger partial charge on any atom is -0.354 e. The Morgan fingerprint density at radius 2 is 1.76 bits per heavy atom. The third-order valence-corrected chi connectivity index (χ3v) is 8.62. The topological polar surface area (TPSA) is 110 Å². The number of rotatable bonds is 8. The van der Waals surface area contributed by atoms with Gasteiger partial charge in [-0.15, -0.1) is 0 Å². The number of aromatic nitrogens is 4. The molecule has 3 heterocycles. The predicted octanol–water partition coefficient (Wildman–Crippen LogP) is 4.19. The van der Waals surface area contributed by atoms with Gasteiger partial charge in [-0.1, -0.05) is 19.1 Å². The monoisotopic (exact) mass is 568 g/mol. The van der Waals surface area contributed by atoms with Crippen LogP contribution in [0.25, 0.3) is 22.0 Å². The standard InChI is InChI=1S/C32H33FN6O3/c1-18-11-22(23-15-35-20(3)36-16-23)12-25-29(19(2)40)37-38(30(18)25)17-28(41)39-26(13-32(4)14-27(32)39)31(42)34-10-9-21-5-7-24(33)8-6-21/h5-8,11-12,15-16,26-27H,9-10,13-14,17H2,1-4H3,(H,34,42)/t26-,27+,32-/m0/s1. The molecule has 0 unspecified atom stereocenters. The Morgan fingerprint density at radius 1 is 1.05 bits per heavy atom. The number of hydrogen-bond donors (Lipinski definition) is 1. The van der Waals surface area contributed by atoms with Crippen LogP contribution in [0.3, 0.4) is 0 Å². The summed E-state index contributed by atoms with van der Waals surface area (Å²) >= 11 is 0. The second kappa shape index (κ2) is 10.4. The number of ketones is 1. The molecule has 0 bridgehead atoms. The van der Waals surface area contributed by atoms with Crippen LogP contribution in [0.4, 0.5) is 4.39 Å². The van der Waals surface area contributed by atoms with Crippen molar-refractivity contribution in [2.45, 2.75) is 65.6 Å². The van der Waals surface area contributed by atoms with E-state index in [-0.39, 0.29) is 41.4 Å². The first-order chi connectivity index (χ1) is 20.0. The number of carbonyl (C=O) groups excluding carboxylic acids is 3. The highest BCUT2D eigenvalue weighted by atomic mass is 19.1. The molecule has 2 aliphatic rings. The van der Waals surface area contributed by atoms with Gasteiger partial charge in [0.05, 0.1) is 5.52 Å². The third-order valence-electron chi connectivity index (χ3n) is 8.62. The van der Waals surface area contributed by atoms with E-state index < -0.39 is 6.04 Å². The highest BCUT2D eigenvalue weighted by Crippen LogP contribution is 2.59. The number of carbonyl (C=O) groups is 3. The van der Waals surface area contributed by atoms with Crippen molar-refractivity contribution in [2.75, 3.05) is 6.54 Å². The van der Waals surface area contributed by atoms with Crippen molar-refractivity contribution in [1.29, 1.82) is 0 Å². The zero-order valence-corrected chi connectivity index (χ0v) is 24.1. The van der Waals surface area contributed by atoms with Gasteiger partial charge in [0.1, 0.15) is 29.9 Å². The van der Waals surface area contributed by atoms with Crippen molar-refractivity contribution in [1.82, 2.24) is 30.0 Å². The van der Waals surface area contributed by atoms with E-state index in [2.05, 4.69) is 27.3 Å². The number of nitrogens with zero attached hydrogens (tertiary/aromatic N) is 5. The van der Waals surface area contributed by atoms with Crippen molar-refractivity contribution in [3.05, 3.63) is 77.3 Å². The van der Waals surface area contributed by atoms with Gasteiger partial charge in [0.25, 0.3) is 0 Å². The van der Waals surface area contributed by atoms with Gasteiger partial charge in [-0.05, 0) is 79.5 Å². The molecule has 1 saturated heterocycles. The van der Waals surface area contributed by atoms with E-state index in [1.54, 1.807) is 34.1 Å². The zero-order chi connectivity index (χ0) is 29.8. The molecule has 1 aliphatic carbocycles. The summed E-state index contributed by atoms with van der Waals surface area (Å²) in [5.41, 5.74) is 4.40. The van der Waals surface area contributed by atoms with Crippen LogP contribution in [0.2, 0.25) is 0 Å². The maximum absolute atomic E-state index is 13.8. The fourth-order valence-corrected chi connectivity index (χ4v) is 6.28. The maximum atomic E-state index is 13.8. The average molecular weight is 569 g/mol. The second-order valence-corrected chi connectivity index (χ2v) is 11.8. The van der Waals surface area contributed by atoms with Gasteiger partial charge in [0.15, 0.2) is 5.78 Å². The molecule has 1 N–H and O–H groups in total. The minimum atomic E-state index is -0.571. The lowest BCUT2D eigenvalue weighted by Crippen LogP contribution is -2.49. The van der Waals surface area contributed by atoms with E-state index in [0.717, 1.165) is 28.7 Å². The van der Waals surface area contributed by atoms with Crippen LogP contribution < -0.4 is 5.32 Å². The van der Waals surface area contributed by atoms with Crippen LogP contribution in [0.15, 0.2) is 48.8 Å². The normalized spacial score (nSPS) is 20.9. The molecule has 10 heteroatoms. The first kappa shape index (κ1) is 27.7. The van der Waals surface area contributed by atoms with Crippen molar-refractivity contribution in [3.8, 4) is 11.1 Å². The highest BCUT2D eigenvalue weighted by Gasteiger charge is 2.64. The van der Waals surface area contributed by atoms with E-state index in [0.29, 0.717) is 41.8 Å². The van der Waals surface area contributed by atoms with E-state index in [1.807, 2.05) is 26.0 Å². The Kier molecular flexibility index (Phi) is 6.87. The molecule has 0 radical (unpaired) electrons. The number of halogens is 1. The Hall–Kier alpha value is -4.47. The molecule has 9 nitrogen and oxygen atoms in total. The molecule has 3 atom stereocenters. The number of likely N-dealkylation sites (tertiary alicyclic amines) is 1. The molecule has 2 amide bonds. The third kappa shape index (κ3) is 5.06. The van der Waals surface area contributed by atoms with Crippen LogP contribution in [-0.4, -0.2) is 60.9 Å².